The normalized spacial score (nSPS) is 18.0. The van der Waals surface area contributed by atoms with Gasteiger partial charge >= 0.3 is 0 Å². The highest BCUT2D eigenvalue weighted by Crippen LogP contribution is 2.23. The maximum Gasteiger partial charge on any atom is 0.256 e. The summed E-state index contributed by atoms with van der Waals surface area (Å²) in [5, 5.41) is 12.8. The number of benzene rings is 1. The zero-order valence-electron chi connectivity index (χ0n) is 12.8. The standard InChI is InChI=1S/C17H26N2O2/c1-2-3-6-11-18-16-10-5-4-9-15(16)17(21)19-12-7-8-14(19)13-20/h4-5,9-10,14,18,20H,2-3,6-8,11-13H2,1H3. The molecule has 4 heteroatoms. The predicted molar refractivity (Wildman–Crippen MR) is 85.6 cm³/mol. The molecule has 1 fully saturated rings. The molecule has 1 unspecified atom stereocenters. The number of nitrogens with one attached hydrogen (secondary N) is 1. The van der Waals surface area contributed by atoms with Crippen LogP contribution < -0.4 is 5.32 Å². The third-order valence-electron chi connectivity index (χ3n) is 4.10. The van der Waals surface area contributed by atoms with Gasteiger partial charge in [-0.2, -0.15) is 0 Å². The first-order valence-corrected chi connectivity index (χ1v) is 8.02. The highest BCUT2D eigenvalue weighted by Gasteiger charge is 2.29. The number of carbonyl (C=O) groups excluding carboxylic acids is 1. The van der Waals surface area contributed by atoms with Crippen LogP contribution in [0, 0.1) is 0 Å². The number of carbonyl (C=O) groups is 1. The van der Waals surface area contributed by atoms with Gasteiger partial charge in [0.1, 0.15) is 0 Å². The van der Waals surface area contributed by atoms with E-state index in [4.69, 9.17) is 0 Å². The van der Waals surface area contributed by atoms with Crippen LogP contribution in [0.1, 0.15) is 49.4 Å². The Hall–Kier alpha value is -1.55. The second-order valence-electron chi connectivity index (χ2n) is 5.66. The number of hydrogen-bond acceptors (Lipinski definition) is 3. The van der Waals surface area contributed by atoms with Crippen molar-refractivity contribution >= 4 is 11.6 Å². The minimum Gasteiger partial charge on any atom is -0.394 e. The molecule has 0 bridgehead atoms. The molecule has 0 aromatic heterocycles. The second kappa shape index (κ2) is 8.03. The molecule has 21 heavy (non-hydrogen) atoms. The van der Waals surface area contributed by atoms with Crippen LogP contribution in [0.5, 0.6) is 0 Å². The maximum absolute atomic E-state index is 12.7. The summed E-state index contributed by atoms with van der Waals surface area (Å²) in [6, 6.07) is 7.66. The molecule has 2 rings (SSSR count). The molecule has 1 aromatic rings. The van der Waals surface area contributed by atoms with Gasteiger partial charge in [-0.15, -0.1) is 0 Å². The van der Waals surface area contributed by atoms with Gasteiger partial charge in [0, 0.05) is 18.8 Å². The fourth-order valence-corrected chi connectivity index (χ4v) is 2.87. The van der Waals surface area contributed by atoms with E-state index in [1.54, 1.807) is 0 Å². The third-order valence-corrected chi connectivity index (χ3v) is 4.10. The Morgan fingerprint density at radius 3 is 2.95 bits per heavy atom. The van der Waals surface area contributed by atoms with Gasteiger partial charge in [0.2, 0.25) is 0 Å². The Kier molecular flexibility index (Phi) is 6.05. The SMILES string of the molecule is CCCCCNc1ccccc1C(=O)N1CCCC1CO. The highest BCUT2D eigenvalue weighted by molar-refractivity contribution is 5.99. The number of para-hydroxylation sites is 1. The lowest BCUT2D eigenvalue weighted by atomic mass is 10.1. The van der Waals surface area contributed by atoms with Gasteiger partial charge in [0.25, 0.3) is 5.91 Å². The first kappa shape index (κ1) is 15.8. The third kappa shape index (κ3) is 3.97. The molecule has 1 aliphatic heterocycles. The molecule has 116 valence electrons. The minimum absolute atomic E-state index is 0.0225. The van der Waals surface area contributed by atoms with Crippen LogP contribution in [0.15, 0.2) is 24.3 Å². The van der Waals surface area contributed by atoms with E-state index >= 15 is 0 Å². The van der Waals surface area contributed by atoms with Crippen molar-refractivity contribution in [2.24, 2.45) is 0 Å². The van der Waals surface area contributed by atoms with E-state index in [0.717, 1.165) is 38.0 Å². The number of nitrogens with zero attached hydrogens (tertiary/aromatic N) is 1. The van der Waals surface area contributed by atoms with E-state index in [0.29, 0.717) is 5.56 Å². The molecule has 0 radical (unpaired) electrons. The van der Waals surface area contributed by atoms with Crippen molar-refractivity contribution in [2.45, 2.75) is 45.1 Å². The predicted octanol–water partition coefficient (Wildman–Crippen LogP) is 2.89. The number of unbranched alkanes of at least 4 members (excludes halogenated alkanes) is 2. The lowest BCUT2D eigenvalue weighted by molar-refractivity contribution is 0.0678. The Morgan fingerprint density at radius 2 is 2.19 bits per heavy atom. The van der Waals surface area contributed by atoms with Crippen LogP contribution in [0.3, 0.4) is 0 Å². The average molecular weight is 290 g/mol. The van der Waals surface area contributed by atoms with E-state index in [2.05, 4.69) is 12.2 Å². The number of amides is 1. The number of aliphatic hydroxyl groups is 1. The smallest absolute Gasteiger partial charge is 0.256 e. The van der Waals surface area contributed by atoms with Crippen LogP contribution in [-0.4, -0.2) is 41.7 Å². The van der Waals surface area contributed by atoms with Crippen molar-refractivity contribution < 1.29 is 9.90 Å². The molecule has 1 aliphatic rings. The van der Waals surface area contributed by atoms with Gasteiger partial charge in [0.05, 0.1) is 18.2 Å². The van der Waals surface area contributed by atoms with Crippen LogP contribution in [0.25, 0.3) is 0 Å². The van der Waals surface area contributed by atoms with Crippen molar-refractivity contribution in [1.29, 1.82) is 0 Å². The maximum atomic E-state index is 12.7. The molecule has 1 heterocycles. The minimum atomic E-state index is -0.0225. The highest BCUT2D eigenvalue weighted by atomic mass is 16.3. The van der Waals surface area contributed by atoms with Gasteiger partial charge < -0.3 is 15.3 Å². The molecule has 1 amide bonds. The van der Waals surface area contributed by atoms with Gasteiger partial charge in [-0.1, -0.05) is 31.9 Å². The summed E-state index contributed by atoms with van der Waals surface area (Å²) in [7, 11) is 0. The molecular weight excluding hydrogens is 264 g/mol. The Morgan fingerprint density at radius 1 is 1.38 bits per heavy atom. The van der Waals surface area contributed by atoms with E-state index in [-0.39, 0.29) is 18.6 Å². The second-order valence-corrected chi connectivity index (χ2v) is 5.66. The van der Waals surface area contributed by atoms with Crippen molar-refractivity contribution in [3.63, 3.8) is 0 Å². The first-order valence-electron chi connectivity index (χ1n) is 8.02. The monoisotopic (exact) mass is 290 g/mol. The Balaban J connectivity index is 2.06. The van der Waals surface area contributed by atoms with E-state index in [1.165, 1.54) is 12.8 Å². The molecular formula is C17H26N2O2. The van der Waals surface area contributed by atoms with Crippen molar-refractivity contribution in [3.8, 4) is 0 Å². The molecule has 1 saturated heterocycles. The number of hydrogen-bond donors (Lipinski definition) is 2. The number of aliphatic hydroxyl groups excluding tert-OH is 1. The molecule has 4 nitrogen and oxygen atoms in total. The number of likely N-dealkylation sites (tertiary alicyclic amines) is 1. The Labute approximate surface area is 127 Å². The van der Waals surface area contributed by atoms with Crippen LogP contribution in [0.2, 0.25) is 0 Å². The summed E-state index contributed by atoms with van der Waals surface area (Å²) < 4.78 is 0. The summed E-state index contributed by atoms with van der Waals surface area (Å²) in [4.78, 5) is 14.5. The average Bonchev–Trinajstić information content (AvgIpc) is 3.00. The zero-order valence-corrected chi connectivity index (χ0v) is 12.8. The molecule has 2 N–H and O–H groups in total. The van der Waals surface area contributed by atoms with Crippen molar-refractivity contribution in [3.05, 3.63) is 29.8 Å². The lowest BCUT2D eigenvalue weighted by Gasteiger charge is -2.24. The molecule has 0 spiro atoms. The van der Waals surface area contributed by atoms with E-state index in [9.17, 15) is 9.90 Å². The van der Waals surface area contributed by atoms with E-state index in [1.807, 2.05) is 29.2 Å². The van der Waals surface area contributed by atoms with Gasteiger partial charge in [-0.3, -0.25) is 4.79 Å². The zero-order chi connectivity index (χ0) is 15.1. The van der Waals surface area contributed by atoms with E-state index < -0.39 is 0 Å². The summed E-state index contributed by atoms with van der Waals surface area (Å²) >= 11 is 0. The number of rotatable bonds is 7. The summed E-state index contributed by atoms with van der Waals surface area (Å²) in [6.45, 7) is 3.87. The fraction of sp³-hybridized carbons (Fsp3) is 0.588. The first-order chi connectivity index (χ1) is 10.3. The van der Waals surface area contributed by atoms with Crippen molar-refractivity contribution in [2.75, 3.05) is 25.0 Å². The summed E-state index contributed by atoms with van der Waals surface area (Å²) in [5.41, 5.74) is 1.62. The van der Waals surface area contributed by atoms with Gasteiger partial charge in [0.15, 0.2) is 0 Å². The summed E-state index contributed by atoms with van der Waals surface area (Å²) in [6.07, 6.45) is 5.37. The molecule has 0 aliphatic carbocycles. The fourth-order valence-electron chi connectivity index (χ4n) is 2.87. The molecule has 1 atom stereocenters. The van der Waals surface area contributed by atoms with Gasteiger partial charge in [-0.05, 0) is 31.4 Å². The molecule has 0 saturated carbocycles. The van der Waals surface area contributed by atoms with Crippen LogP contribution >= 0.6 is 0 Å². The van der Waals surface area contributed by atoms with Gasteiger partial charge in [-0.25, -0.2) is 0 Å². The Bertz CT molecular complexity index is 462. The van der Waals surface area contributed by atoms with Crippen LogP contribution in [0.4, 0.5) is 5.69 Å². The van der Waals surface area contributed by atoms with Crippen molar-refractivity contribution in [1.82, 2.24) is 4.90 Å². The largest absolute Gasteiger partial charge is 0.394 e. The molecule has 1 aromatic carbocycles. The van der Waals surface area contributed by atoms with Crippen LogP contribution in [-0.2, 0) is 0 Å². The lowest BCUT2D eigenvalue weighted by Crippen LogP contribution is -2.37. The quantitative estimate of drug-likeness (QED) is 0.759. The summed E-state index contributed by atoms with van der Waals surface area (Å²) in [5.74, 6) is 0.0325. The topological polar surface area (TPSA) is 52.6 Å². The number of anilines is 1.